The predicted octanol–water partition coefficient (Wildman–Crippen LogP) is 1.98. The van der Waals surface area contributed by atoms with Crippen molar-refractivity contribution in [2.45, 2.75) is 58.5 Å². The van der Waals surface area contributed by atoms with E-state index in [-0.39, 0.29) is 5.54 Å². The zero-order valence-corrected chi connectivity index (χ0v) is 11.7. The minimum atomic E-state index is -2.79. The second-order valence-corrected chi connectivity index (χ2v) is 8.10. The number of nitrogens with one attached hydrogen (secondary N) is 1. The third-order valence-electron chi connectivity index (χ3n) is 3.28. The zero-order chi connectivity index (χ0) is 12.4. The summed E-state index contributed by atoms with van der Waals surface area (Å²) in [5.41, 5.74) is -0.199. The van der Waals surface area contributed by atoms with Crippen LogP contribution in [0.25, 0.3) is 0 Å². The number of hydrogen-bond donors (Lipinski definition) is 1. The van der Waals surface area contributed by atoms with Crippen molar-refractivity contribution in [2.75, 3.05) is 11.5 Å². The van der Waals surface area contributed by atoms with Crippen LogP contribution in [0.4, 0.5) is 0 Å². The first-order chi connectivity index (χ1) is 7.22. The molecule has 1 saturated heterocycles. The maximum Gasteiger partial charge on any atom is 0.152 e. The number of rotatable bonds is 5. The van der Waals surface area contributed by atoms with Crippen LogP contribution in [0.2, 0.25) is 0 Å². The molecular weight excluding hydrogens is 222 g/mol. The second kappa shape index (κ2) is 5.05. The fourth-order valence-corrected chi connectivity index (χ4v) is 4.48. The first-order valence-electron chi connectivity index (χ1n) is 6.21. The average molecular weight is 247 g/mol. The largest absolute Gasteiger partial charge is 0.308 e. The molecule has 4 heteroatoms. The Hall–Kier alpha value is -0.0900. The standard InChI is InChI=1S/C12H25NO2S/c1-10(2)5-6-11(3)13-12(4)7-8-16(14,15)9-12/h10-11,13H,5-9H2,1-4H3. The Kier molecular flexibility index (Phi) is 4.41. The molecule has 1 heterocycles. The van der Waals surface area contributed by atoms with Crippen LogP contribution in [0.5, 0.6) is 0 Å². The van der Waals surface area contributed by atoms with Crippen molar-refractivity contribution in [3.8, 4) is 0 Å². The maximum absolute atomic E-state index is 11.5. The molecule has 0 spiro atoms. The van der Waals surface area contributed by atoms with Crippen LogP contribution in [0, 0.1) is 5.92 Å². The summed E-state index contributed by atoms with van der Waals surface area (Å²) < 4.78 is 22.9. The van der Waals surface area contributed by atoms with Gasteiger partial charge in [-0.15, -0.1) is 0 Å². The highest BCUT2D eigenvalue weighted by Gasteiger charge is 2.38. The van der Waals surface area contributed by atoms with Gasteiger partial charge in [0.25, 0.3) is 0 Å². The van der Waals surface area contributed by atoms with Gasteiger partial charge in [-0.1, -0.05) is 13.8 Å². The number of hydrogen-bond acceptors (Lipinski definition) is 3. The lowest BCUT2D eigenvalue weighted by molar-refractivity contribution is 0.328. The summed E-state index contributed by atoms with van der Waals surface area (Å²) in [6, 6.07) is 0.403. The molecule has 16 heavy (non-hydrogen) atoms. The van der Waals surface area contributed by atoms with Crippen LogP contribution >= 0.6 is 0 Å². The van der Waals surface area contributed by atoms with E-state index in [2.05, 4.69) is 26.1 Å². The second-order valence-electron chi connectivity index (χ2n) is 5.92. The van der Waals surface area contributed by atoms with E-state index >= 15 is 0 Å². The van der Waals surface area contributed by atoms with E-state index < -0.39 is 9.84 Å². The lowest BCUT2D eigenvalue weighted by atomic mass is 9.98. The molecule has 1 rings (SSSR count). The van der Waals surface area contributed by atoms with Gasteiger partial charge in [0.1, 0.15) is 0 Å². The molecule has 1 aliphatic heterocycles. The van der Waals surface area contributed by atoms with Gasteiger partial charge in [-0.3, -0.25) is 0 Å². The molecule has 0 bridgehead atoms. The molecule has 0 saturated carbocycles. The van der Waals surface area contributed by atoms with Gasteiger partial charge in [-0.25, -0.2) is 8.42 Å². The van der Waals surface area contributed by atoms with Crippen LogP contribution in [-0.2, 0) is 9.84 Å². The quantitative estimate of drug-likeness (QED) is 0.808. The highest BCUT2D eigenvalue weighted by molar-refractivity contribution is 7.91. The van der Waals surface area contributed by atoms with Gasteiger partial charge in [0, 0.05) is 11.6 Å². The van der Waals surface area contributed by atoms with Crippen molar-refractivity contribution >= 4 is 9.84 Å². The highest BCUT2D eigenvalue weighted by atomic mass is 32.2. The third-order valence-corrected chi connectivity index (χ3v) is 5.18. The van der Waals surface area contributed by atoms with E-state index in [0.29, 0.717) is 23.5 Å². The van der Waals surface area contributed by atoms with Crippen molar-refractivity contribution in [1.29, 1.82) is 0 Å². The molecule has 0 aromatic heterocycles. The topological polar surface area (TPSA) is 46.2 Å². The smallest absolute Gasteiger partial charge is 0.152 e. The maximum atomic E-state index is 11.5. The first kappa shape index (κ1) is 14.0. The molecule has 0 aliphatic carbocycles. The van der Waals surface area contributed by atoms with Crippen molar-refractivity contribution in [3.63, 3.8) is 0 Å². The highest BCUT2D eigenvalue weighted by Crippen LogP contribution is 2.24. The molecule has 1 N–H and O–H groups in total. The predicted molar refractivity (Wildman–Crippen MR) is 68.3 cm³/mol. The van der Waals surface area contributed by atoms with Crippen molar-refractivity contribution in [3.05, 3.63) is 0 Å². The van der Waals surface area contributed by atoms with Crippen LogP contribution in [0.15, 0.2) is 0 Å². The van der Waals surface area contributed by atoms with E-state index in [9.17, 15) is 8.42 Å². The molecule has 3 nitrogen and oxygen atoms in total. The molecule has 96 valence electrons. The summed E-state index contributed by atoms with van der Waals surface area (Å²) in [6.07, 6.45) is 3.06. The Labute approximate surface area is 99.9 Å². The summed E-state index contributed by atoms with van der Waals surface area (Å²) in [5, 5.41) is 3.49. The number of sulfone groups is 1. The summed E-state index contributed by atoms with van der Waals surface area (Å²) >= 11 is 0. The van der Waals surface area contributed by atoms with E-state index in [1.54, 1.807) is 0 Å². The van der Waals surface area contributed by atoms with Gasteiger partial charge in [-0.2, -0.15) is 0 Å². The normalized spacial score (nSPS) is 30.8. The van der Waals surface area contributed by atoms with Crippen molar-refractivity contribution in [1.82, 2.24) is 5.32 Å². The Morgan fingerprint density at radius 2 is 1.88 bits per heavy atom. The third kappa shape index (κ3) is 4.42. The van der Waals surface area contributed by atoms with E-state index in [1.165, 1.54) is 6.42 Å². The molecule has 2 atom stereocenters. The Morgan fingerprint density at radius 3 is 2.31 bits per heavy atom. The molecule has 0 aromatic carbocycles. The van der Waals surface area contributed by atoms with Gasteiger partial charge in [0.15, 0.2) is 9.84 Å². The fourth-order valence-electron chi connectivity index (χ4n) is 2.37. The molecule has 0 radical (unpaired) electrons. The Bertz CT molecular complexity index is 324. The van der Waals surface area contributed by atoms with Gasteiger partial charge < -0.3 is 5.32 Å². The molecular formula is C12H25NO2S. The minimum Gasteiger partial charge on any atom is -0.308 e. The Balaban J connectivity index is 2.42. The summed E-state index contributed by atoms with van der Waals surface area (Å²) in [5.74, 6) is 1.35. The van der Waals surface area contributed by atoms with Crippen molar-refractivity contribution in [2.24, 2.45) is 5.92 Å². The van der Waals surface area contributed by atoms with Crippen LogP contribution in [0.1, 0.15) is 47.0 Å². The van der Waals surface area contributed by atoms with Crippen LogP contribution in [0.3, 0.4) is 0 Å². The molecule has 1 fully saturated rings. The SMILES string of the molecule is CC(C)CCC(C)NC1(C)CCS(=O)(=O)C1. The lowest BCUT2D eigenvalue weighted by Crippen LogP contribution is -2.48. The van der Waals surface area contributed by atoms with E-state index in [1.807, 2.05) is 6.92 Å². The summed E-state index contributed by atoms with van der Waals surface area (Å²) in [4.78, 5) is 0. The monoisotopic (exact) mass is 247 g/mol. The average Bonchev–Trinajstić information content (AvgIpc) is 2.37. The van der Waals surface area contributed by atoms with Crippen LogP contribution < -0.4 is 5.32 Å². The van der Waals surface area contributed by atoms with Gasteiger partial charge in [0.2, 0.25) is 0 Å². The first-order valence-corrected chi connectivity index (χ1v) is 8.03. The van der Waals surface area contributed by atoms with E-state index in [0.717, 1.165) is 12.8 Å². The van der Waals surface area contributed by atoms with E-state index in [4.69, 9.17) is 0 Å². The molecule has 0 aromatic rings. The van der Waals surface area contributed by atoms with Gasteiger partial charge in [-0.05, 0) is 39.0 Å². The summed E-state index contributed by atoms with van der Waals surface area (Å²) in [7, 11) is -2.79. The Morgan fingerprint density at radius 1 is 1.25 bits per heavy atom. The lowest BCUT2D eigenvalue weighted by Gasteiger charge is -2.29. The zero-order valence-electron chi connectivity index (χ0n) is 10.9. The minimum absolute atomic E-state index is 0.199. The van der Waals surface area contributed by atoms with Crippen molar-refractivity contribution < 1.29 is 8.42 Å². The molecule has 0 amide bonds. The molecule has 2 unspecified atom stereocenters. The fraction of sp³-hybridized carbons (Fsp3) is 1.00. The van der Waals surface area contributed by atoms with Gasteiger partial charge in [0.05, 0.1) is 11.5 Å². The van der Waals surface area contributed by atoms with Gasteiger partial charge >= 0.3 is 0 Å². The summed E-state index contributed by atoms with van der Waals surface area (Å²) in [6.45, 7) is 8.62. The molecule has 1 aliphatic rings. The van der Waals surface area contributed by atoms with Crippen LogP contribution in [-0.4, -0.2) is 31.5 Å².